The van der Waals surface area contributed by atoms with Crippen LogP contribution >= 0.6 is 11.8 Å². The molecule has 2 saturated heterocycles. The molecule has 0 spiro atoms. The van der Waals surface area contributed by atoms with Crippen molar-refractivity contribution in [1.82, 2.24) is 10.1 Å². The normalized spacial score (nSPS) is 25.3. The van der Waals surface area contributed by atoms with E-state index in [1.807, 2.05) is 22.7 Å². The smallest absolute Gasteiger partial charge is 0.292 e. The Bertz CT molecular complexity index is 513. The number of aromatic nitrogens is 1. The van der Waals surface area contributed by atoms with Gasteiger partial charge in [0, 0.05) is 42.2 Å². The Morgan fingerprint density at radius 1 is 1.50 bits per heavy atom. The fourth-order valence-corrected chi connectivity index (χ4v) is 4.67. The molecule has 0 aromatic carbocycles. The molecule has 6 heteroatoms. The molecule has 3 heterocycles. The fourth-order valence-electron chi connectivity index (χ4n) is 3.37. The van der Waals surface area contributed by atoms with Gasteiger partial charge in [-0.3, -0.25) is 4.79 Å². The van der Waals surface area contributed by atoms with Crippen LogP contribution in [0, 0.1) is 0 Å². The van der Waals surface area contributed by atoms with Gasteiger partial charge in [0.15, 0.2) is 0 Å². The molecule has 2 atom stereocenters. The molecule has 1 aromatic heterocycles. The lowest BCUT2D eigenvalue weighted by Crippen LogP contribution is -2.54. The second-order valence-electron chi connectivity index (χ2n) is 5.97. The molecule has 0 saturated carbocycles. The number of hydrogen-bond donors (Lipinski definition) is 0. The molecule has 0 bridgehead atoms. The molecule has 2 fully saturated rings. The first-order chi connectivity index (χ1) is 10.7. The van der Waals surface area contributed by atoms with E-state index in [0.29, 0.717) is 16.9 Å². The summed E-state index contributed by atoms with van der Waals surface area (Å²) in [5.74, 6) is 1.71. The van der Waals surface area contributed by atoms with Gasteiger partial charge in [0.1, 0.15) is 0 Å². The van der Waals surface area contributed by atoms with E-state index in [9.17, 15) is 4.79 Å². The highest BCUT2D eigenvalue weighted by atomic mass is 32.2. The van der Waals surface area contributed by atoms with E-state index in [1.165, 1.54) is 0 Å². The molecule has 0 aliphatic carbocycles. The van der Waals surface area contributed by atoms with Crippen LogP contribution in [0.2, 0.25) is 0 Å². The van der Waals surface area contributed by atoms with Gasteiger partial charge in [0.05, 0.1) is 12.3 Å². The van der Waals surface area contributed by atoms with Gasteiger partial charge in [0.2, 0.25) is 5.76 Å². The lowest BCUT2D eigenvalue weighted by atomic mass is 9.99. The Kier molecular flexibility index (Phi) is 5.08. The van der Waals surface area contributed by atoms with Crippen LogP contribution in [0.5, 0.6) is 0 Å². The molecule has 0 unspecified atom stereocenters. The summed E-state index contributed by atoms with van der Waals surface area (Å²) in [6.45, 7) is 6.54. The van der Waals surface area contributed by atoms with Crippen molar-refractivity contribution >= 4 is 17.7 Å². The van der Waals surface area contributed by atoms with Crippen molar-refractivity contribution in [2.24, 2.45) is 0 Å². The van der Waals surface area contributed by atoms with Gasteiger partial charge in [-0.25, -0.2) is 0 Å². The first-order valence-electron chi connectivity index (χ1n) is 8.21. The highest BCUT2D eigenvalue weighted by Crippen LogP contribution is 2.31. The average Bonchev–Trinajstić information content (AvgIpc) is 3.05. The zero-order valence-electron chi connectivity index (χ0n) is 13.3. The maximum Gasteiger partial charge on any atom is 0.292 e. The highest BCUT2D eigenvalue weighted by molar-refractivity contribution is 8.00. The van der Waals surface area contributed by atoms with E-state index >= 15 is 0 Å². The van der Waals surface area contributed by atoms with Crippen LogP contribution in [-0.4, -0.2) is 52.8 Å². The summed E-state index contributed by atoms with van der Waals surface area (Å²) < 4.78 is 10.9. The van der Waals surface area contributed by atoms with Crippen molar-refractivity contribution in [2.45, 2.75) is 50.3 Å². The van der Waals surface area contributed by atoms with Crippen LogP contribution in [0.25, 0.3) is 0 Å². The number of thioether (sulfide) groups is 1. The van der Waals surface area contributed by atoms with Crippen molar-refractivity contribution in [1.29, 1.82) is 0 Å². The van der Waals surface area contributed by atoms with Gasteiger partial charge in [-0.2, -0.15) is 11.8 Å². The third kappa shape index (κ3) is 3.04. The summed E-state index contributed by atoms with van der Waals surface area (Å²) in [5, 5.41) is 4.52. The van der Waals surface area contributed by atoms with Gasteiger partial charge in [0.25, 0.3) is 5.91 Å². The lowest BCUT2D eigenvalue weighted by molar-refractivity contribution is 0.0296. The van der Waals surface area contributed by atoms with E-state index in [1.54, 1.807) is 0 Å². The molecule has 3 rings (SSSR count). The minimum absolute atomic E-state index is 0.0121. The second-order valence-corrected chi connectivity index (χ2v) is 7.32. The number of amides is 1. The quantitative estimate of drug-likeness (QED) is 0.852. The molecular formula is C16H24N2O3S. The van der Waals surface area contributed by atoms with Crippen LogP contribution < -0.4 is 0 Å². The molecule has 122 valence electrons. The summed E-state index contributed by atoms with van der Waals surface area (Å²) in [4.78, 5) is 14.8. The Labute approximate surface area is 135 Å². The monoisotopic (exact) mass is 324 g/mol. The molecular weight excluding hydrogens is 300 g/mol. The molecule has 5 nitrogen and oxygen atoms in total. The third-order valence-electron chi connectivity index (χ3n) is 4.74. The predicted molar refractivity (Wildman–Crippen MR) is 86.3 cm³/mol. The highest BCUT2D eigenvalue weighted by Gasteiger charge is 2.38. The van der Waals surface area contributed by atoms with E-state index in [-0.39, 0.29) is 11.9 Å². The van der Waals surface area contributed by atoms with E-state index in [4.69, 9.17) is 9.26 Å². The standard InChI is InChI=1S/C16H24N2O3S/c1-3-11(4-2)12-9-14(21-17-12)16(19)18-6-8-22-15-10-20-7-5-13(15)18/h9,11,13,15H,3-8,10H2,1-2H3/t13-,15+/m1/s1. The van der Waals surface area contributed by atoms with Crippen molar-refractivity contribution in [2.75, 3.05) is 25.5 Å². The Balaban J connectivity index is 1.75. The van der Waals surface area contributed by atoms with Gasteiger partial charge in [-0.1, -0.05) is 19.0 Å². The zero-order chi connectivity index (χ0) is 15.5. The molecule has 2 aliphatic rings. The Hall–Kier alpha value is -1.01. The molecule has 0 radical (unpaired) electrons. The average molecular weight is 324 g/mol. The van der Waals surface area contributed by atoms with Gasteiger partial charge in [-0.15, -0.1) is 0 Å². The largest absolute Gasteiger partial charge is 0.380 e. The Morgan fingerprint density at radius 3 is 3.09 bits per heavy atom. The number of fused-ring (bicyclic) bond motifs is 1. The van der Waals surface area contributed by atoms with Crippen LogP contribution in [-0.2, 0) is 4.74 Å². The lowest BCUT2D eigenvalue weighted by Gasteiger charge is -2.42. The second kappa shape index (κ2) is 7.04. The molecule has 2 aliphatic heterocycles. The summed E-state index contributed by atoms with van der Waals surface area (Å²) in [6, 6.07) is 2.11. The third-order valence-corrected chi connectivity index (χ3v) is 6.03. The minimum Gasteiger partial charge on any atom is -0.380 e. The maximum absolute atomic E-state index is 12.8. The van der Waals surface area contributed by atoms with E-state index in [0.717, 1.165) is 50.5 Å². The summed E-state index contributed by atoms with van der Waals surface area (Å²) in [6.07, 6.45) is 2.94. The number of ether oxygens (including phenoxy) is 1. The van der Waals surface area contributed by atoms with Crippen molar-refractivity contribution in [3.63, 3.8) is 0 Å². The van der Waals surface area contributed by atoms with Gasteiger partial charge < -0.3 is 14.2 Å². The molecule has 1 aromatic rings. The SMILES string of the molecule is CCC(CC)c1cc(C(=O)N2CCS[C@H]3COCC[C@H]32)on1. The number of hydrogen-bond acceptors (Lipinski definition) is 5. The van der Waals surface area contributed by atoms with Crippen LogP contribution in [0.4, 0.5) is 0 Å². The topological polar surface area (TPSA) is 55.6 Å². The molecule has 22 heavy (non-hydrogen) atoms. The number of rotatable bonds is 4. The van der Waals surface area contributed by atoms with Crippen molar-refractivity contribution in [3.8, 4) is 0 Å². The Morgan fingerprint density at radius 2 is 2.32 bits per heavy atom. The van der Waals surface area contributed by atoms with Gasteiger partial charge in [-0.05, 0) is 19.3 Å². The zero-order valence-corrected chi connectivity index (χ0v) is 14.1. The van der Waals surface area contributed by atoms with Crippen molar-refractivity contribution in [3.05, 3.63) is 17.5 Å². The van der Waals surface area contributed by atoms with Crippen molar-refractivity contribution < 1.29 is 14.1 Å². The van der Waals surface area contributed by atoms with Crippen LogP contribution in [0.3, 0.4) is 0 Å². The predicted octanol–water partition coefficient (Wildman–Crippen LogP) is 2.92. The summed E-state index contributed by atoms with van der Waals surface area (Å²) in [7, 11) is 0. The first kappa shape index (κ1) is 15.9. The minimum atomic E-state index is -0.0121. The van der Waals surface area contributed by atoms with E-state index in [2.05, 4.69) is 19.0 Å². The summed E-state index contributed by atoms with van der Waals surface area (Å²) >= 11 is 1.92. The van der Waals surface area contributed by atoms with Crippen LogP contribution in [0.15, 0.2) is 10.6 Å². The number of carbonyl (C=O) groups excluding carboxylic acids is 1. The van der Waals surface area contributed by atoms with Crippen LogP contribution in [0.1, 0.15) is 55.3 Å². The number of carbonyl (C=O) groups is 1. The van der Waals surface area contributed by atoms with E-state index < -0.39 is 0 Å². The number of nitrogens with zero attached hydrogens (tertiary/aromatic N) is 2. The fraction of sp³-hybridized carbons (Fsp3) is 0.750. The molecule has 0 N–H and O–H groups in total. The molecule has 1 amide bonds. The maximum atomic E-state index is 12.8. The van der Waals surface area contributed by atoms with Gasteiger partial charge >= 0.3 is 0 Å². The first-order valence-corrected chi connectivity index (χ1v) is 9.26. The summed E-state index contributed by atoms with van der Waals surface area (Å²) in [5.41, 5.74) is 0.906.